The molecular formula is C23H27ClF3N2O8PS. The number of benzene rings is 1. The Morgan fingerprint density at radius 2 is 1.95 bits per heavy atom. The first kappa shape index (κ1) is 31.5. The van der Waals surface area contributed by atoms with Crippen molar-refractivity contribution in [3.05, 3.63) is 41.6 Å². The Kier molecular flexibility index (Phi) is 10.2. The maximum Gasteiger partial charge on any atom is 0.323 e. The number of nitrogens with zero attached hydrogens (tertiary/aromatic N) is 1. The van der Waals surface area contributed by atoms with Crippen LogP contribution in [0.15, 0.2) is 41.6 Å². The van der Waals surface area contributed by atoms with E-state index in [0.29, 0.717) is 4.90 Å². The Hall–Kier alpha value is -2.06. The normalized spacial score (nSPS) is 27.9. The molecule has 1 saturated heterocycles. The van der Waals surface area contributed by atoms with Gasteiger partial charge < -0.3 is 23.6 Å². The van der Waals surface area contributed by atoms with Gasteiger partial charge in [0, 0.05) is 6.20 Å². The van der Waals surface area contributed by atoms with E-state index in [-0.39, 0.29) is 5.75 Å². The van der Waals surface area contributed by atoms with E-state index in [2.05, 4.69) is 5.09 Å². The highest BCUT2D eigenvalue weighted by Crippen LogP contribution is 2.49. The lowest BCUT2D eigenvalue weighted by Gasteiger charge is -2.35. The molecule has 0 saturated carbocycles. The number of hydrogen-bond donors (Lipinski definition) is 2. The molecule has 2 heterocycles. The van der Waals surface area contributed by atoms with Crippen LogP contribution in [0.4, 0.5) is 13.2 Å². The highest BCUT2D eigenvalue weighted by atomic mass is 35.5. The molecule has 2 aliphatic heterocycles. The summed E-state index contributed by atoms with van der Waals surface area (Å²) in [7, 11) is 0. The lowest BCUT2D eigenvalue weighted by atomic mass is 9.97. The van der Waals surface area contributed by atoms with Crippen molar-refractivity contribution in [2.45, 2.75) is 69.9 Å². The summed E-state index contributed by atoms with van der Waals surface area (Å²) in [6, 6.07) is 6.77. The average Bonchev–Trinajstić information content (AvgIpc) is 3.11. The summed E-state index contributed by atoms with van der Waals surface area (Å²) in [5.74, 6) is -2.27. The maximum absolute atomic E-state index is 15.2. The van der Waals surface area contributed by atoms with E-state index in [1.807, 2.05) is 0 Å². The van der Waals surface area contributed by atoms with Crippen LogP contribution in [0.2, 0.25) is 0 Å². The van der Waals surface area contributed by atoms with Crippen LogP contribution in [0, 0.1) is 0 Å². The highest BCUT2D eigenvalue weighted by molar-refractivity contribution is 8.09. The Labute approximate surface area is 232 Å². The average molecular weight is 615 g/mol. The first-order valence-corrected chi connectivity index (χ1v) is 14.7. The van der Waals surface area contributed by atoms with Crippen molar-refractivity contribution in [2.75, 3.05) is 6.61 Å². The Balaban J connectivity index is 1.88. The molecule has 0 spiro atoms. The van der Waals surface area contributed by atoms with Crippen molar-refractivity contribution < 1.29 is 51.2 Å². The number of allylic oxidation sites excluding steroid dienone is 1. The Bertz CT molecular complexity index is 1160. The molecule has 0 aromatic heterocycles. The van der Waals surface area contributed by atoms with Crippen LogP contribution < -0.4 is 9.61 Å². The zero-order valence-electron chi connectivity index (χ0n) is 21.0. The van der Waals surface area contributed by atoms with Gasteiger partial charge in [0.1, 0.15) is 22.9 Å². The fraction of sp³-hybridized carbons (Fsp3) is 0.522. The standard InChI is InChI=1S/C23H27ClF3N2O8PS/c1-12(2)35-21(33)13(3)28-38(39,37-14-7-5-4-6-8-14)34-11-23(22(26)27)19(32)18(25)20(36-23)29-10-15(24)16(30)9-17(29)31/h4-8,10,12-13,18-20,22,32H,9,11H2,1-3H3,(H,28,39)/t13-,18+,19-,20+,23+,38?/m0/s1. The number of halogens is 4. The van der Waals surface area contributed by atoms with Gasteiger partial charge in [0.05, 0.1) is 19.1 Å². The molecule has 2 aliphatic rings. The minimum Gasteiger partial charge on any atom is -0.462 e. The number of alkyl halides is 3. The fourth-order valence-corrected chi connectivity index (χ4v) is 6.27. The molecule has 216 valence electrons. The summed E-state index contributed by atoms with van der Waals surface area (Å²) in [6.45, 7) is -0.449. The maximum atomic E-state index is 15.2. The summed E-state index contributed by atoms with van der Waals surface area (Å²) >= 11 is 11.2. The number of Topliss-reactive ketones (excluding diaryl/α,β-unsaturated/α-hetero) is 1. The molecule has 16 heteroatoms. The minimum absolute atomic E-state index is 0.168. The van der Waals surface area contributed by atoms with E-state index in [0.717, 1.165) is 6.20 Å². The topological polar surface area (TPSA) is 124 Å². The molecule has 10 nitrogen and oxygen atoms in total. The predicted molar refractivity (Wildman–Crippen MR) is 136 cm³/mol. The van der Waals surface area contributed by atoms with Gasteiger partial charge in [-0.05, 0) is 44.7 Å². The molecule has 1 aromatic carbocycles. The molecule has 2 N–H and O–H groups in total. The van der Waals surface area contributed by atoms with E-state index in [1.54, 1.807) is 32.0 Å². The number of hydrogen-bond acceptors (Lipinski definition) is 9. The predicted octanol–water partition coefficient (Wildman–Crippen LogP) is 3.18. The molecule has 6 atom stereocenters. The molecule has 1 unspecified atom stereocenters. The summed E-state index contributed by atoms with van der Waals surface area (Å²) in [4.78, 5) is 36.9. The molecular weight excluding hydrogens is 588 g/mol. The zero-order valence-corrected chi connectivity index (χ0v) is 23.4. The molecule has 39 heavy (non-hydrogen) atoms. The van der Waals surface area contributed by atoms with Crippen LogP contribution in [0.3, 0.4) is 0 Å². The zero-order chi connectivity index (χ0) is 29.1. The van der Waals surface area contributed by atoms with Crippen LogP contribution in [-0.4, -0.2) is 76.9 Å². The first-order chi connectivity index (χ1) is 18.2. The van der Waals surface area contributed by atoms with E-state index in [1.165, 1.54) is 19.1 Å². The molecule has 0 aliphatic carbocycles. The first-order valence-electron chi connectivity index (χ1n) is 11.7. The number of rotatable bonds is 11. The van der Waals surface area contributed by atoms with Crippen molar-refractivity contribution >= 4 is 47.7 Å². The molecule has 1 fully saturated rings. The SMILES string of the molecule is CC(C)OC(=O)[C@H](C)NP(=S)(OC[C@@]1(C(F)F)O[C@@H](N2C=C(Cl)C(=O)CC2=O)[C@H](F)[C@@H]1O)Oc1ccccc1. The number of ether oxygens (including phenoxy) is 2. The Morgan fingerprint density at radius 3 is 2.54 bits per heavy atom. The van der Waals surface area contributed by atoms with Crippen LogP contribution in [0.1, 0.15) is 27.2 Å². The third kappa shape index (κ3) is 7.18. The number of aliphatic hydroxyl groups excluding tert-OH is 1. The summed E-state index contributed by atoms with van der Waals surface area (Å²) in [6.07, 6.45) is -11.1. The highest BCUT2D eigenvalue weighted by Gasteiger charge is 2.63. The van der Waals surface area contributed by atoms with Crippen LogP contribution in [0.5, 0.6) is 5.75 Å². The second kappa shape index (κ2) is 12.6. The van der Waals surface area contributed by atoms with Gasteiger partial charge in [-0.25, -0.2) is 18.3 Å². The van der Waals surface area contributed by atoms with Crippen molar-refractivity contribution in [2.24, 2.45) is 0 Å². The largest absolute Gasteiger partial charge is 0.462 e. The minimum atomic E-state index is -3.88. The van der Waals surface area contributed by atoms with Gasteiger partial charge >= 0.3 is 12.6 Å². The summed E-state index contributed by atoms with van der Waals surface area (Å²) < 4.78 is 65.8. The number of esters is 1. The molecule has 3 rings (SSSR count). The smallest absolute Gasteiger partial charge is 0.323 e. The quantitative estimate of drug-likeness (QED) is 0.218. The van der Waals surface area contributed by atoms with E-state index >= 15 is 4.39 Å². The van der Waals surface area contributed by atoms with Gasteiger partial charge in [-0.3, -0.25) is 19.3 Å². The number of aliphatic hydroxyl groups is 1. The number of carbonyl (C=O) groups is 3. The number of carbonyl (C=O) groups excluding carboxylic acids is 3. The molecule has 0 bridgehead atoms. The number of ketones is 1. The lowest BCUT2D eigenvalue weighted by molar-refractivity contribution is -0.199. The van der Waals surface area contributed by atoms with Gasteiger partial charge in [0.2, 0.25) is 5.91 Å². The monoisotopic (exact) mass is 614 g/mol. The lowest BCUT2D eigenvalue weighted by Crippen LogP contribution is -2.52. The van der Waals surface area contributed by atoms with Crippen LogP contribution >= 0.6 is 18.2 Å². The van der Waals surface area contributed by atoms with Gasteiger partial charge in [-0.1, -0.05) is 29.8 Å². The fourth-order valence-electron chi connectivity index (χ4n) is 3.67. The van der Waals surface area contributed by atoms with Crippen LogP contribution in [0.25, 0.3) is 0 Å². The molecule has 1 amide bonds. The van der Waals surface area contributed by atoms with E-state index in [9.17, 15) is 28.3 Å². The third-order valence-corrected chi connectivity index (χ3v) is 8.45. The number of para-hydroxylation sites is 1. The second-order valence-electron chi connectivity index (χ2n) is 9.04. The molecule has 1 aromatic rings. The van der Waals surface area contributed by atoms with Crippen molar-refractivity contribution in [1.29, 1.82) is 0 Å². The second-order valence-corrected chi connectivity index (χ2v) is 12.6. The van der Waals surface area contributed by atoms with Gasteiger partial charge in [0.25, 0.3) is 6.43 Å². The van der Waals surface area contributed by atoms with Crippen molar-refractivity contribution in [3.63, 3.8) is 0 Å². The number of amides is 1. The Morgan fingerprint density at radius 1 is 1.31 bits per heavy atom. The van der Waals surface area contributed by atoms with E-state index in [4.69, 9.17) is 41.9 Å². The summed E-state index contributed by atoms with van der Waals surface area (Å²) in [5.41, 5.74) is -3.01. The van der Waals surface area contributed by atoms with Gasteiger partial charge in [0.15, 0.2) is 23.8 Å². The van der Waals surface area contributed by atoms with Gasteiger partial charge in [-0.15, -0.1) is 0 Å². The number of nitrogens with one attached hydrogen (secondary N) is 1. The molecule has 0 radical (unpaired) electrons. The van der Waals surface area contributed by atoms with Crippen molar-refractivity contribution in [1.82, 2.24) is 9.99 Å². The van der Waals surface area contributed by atoms with Gasteiger partial charge in [-0.2, -0.15) is 0 Å². The van der Waals surface area contributed by atoms with Crippen LogP contribution in [-0.2, 0) is 40.2 Å². The van der Waals surface area contributed by atoms with E-state index < -0.39 is 85.0 Å². The summed E-state index contributed by atoms with van der Waals surface area (Å²) in [5, 5.41) is 12.8. The van der Waals surface area contributed by atoms with Crippen molar-refractivity contribution in [3.8, 4) is 5.75 Å². The third-order valence-electron chi connectivity index (χ3n) is 5.66.